The van der Waals surface area contributed by atoms with Gasteiger partial charge in [0.15, 0.2) is 0 Å². The van der Waals surface area contributed by atoms with Gasteiger partial charge in [-0.2, -0.15) is 4.31 Å². The molecular formula is C23H31N3O3S. The fourth-order valence-corrected chi connectivity index (χ4v) is 5.22. The van der Waals surface area contributed by atoms with E-state index in [0.717, 1.165) is 42.6 Å². The minimum atomic E-state index is -3.44. The lowest BCUT2D eigenvalue weighted by atomic mass is 10.1. The quantitative estimate of drug-likeness (QED) is 0.725. The molecule has 1 saturated heterocycles. The number of aryl methyl sites for hydroxylation is 1. The standard InChI is InChI=1S/C23H31N3O3S/c1-25(2)22-10-6-5-9-21(22)24-23(27)16-13-19-11-14-20(15-12-19)30(28,29)26-17-7-3-4-8-18-26/h5-6,9-12,14-15H,3-4,7-8,13,16-18H2,1-2H3,(H,24,27). The zero-order valence-electron chi connectivity index (χ0n) is 17.8. The van der Waals surface area contributed by atoms with Crippen LogP contribution in [0.5, 0.6) is 0 Å². The molecule has 2 aromatic carbocycles. The van der Waals surface area contributed by atoms with Crippen LogP contribution in [0, 0.1) is 0 Å². The largest absolute Gasteiger partial charge is 0.376 e. The van der Waals surface area contributed by atoms with E-state index in [1.165, 1.54) is 0 Å². The molecule has 1 N–H and O–H groups in total. The topological polar surface area (TPSA) is 69.7 Å². The van der Waals surface area contributed by atoms with Gasteiger partial charge in [-0.05, 0) is 49.1 Å². The number of sulfonamides is 1. The van der Waals surface area contributed by atoms with Crippen molar-refractivity contribution in [2.45, 2.75) is 43.4 Å². The molecule has 7 heteroatoms. The van der Waals surface area contributed by atoms with E-state index in [4.69, 9.17) is 0 Å². The van der Waals surface area contributed by atoms with Crippen molar-refractivity contribution < 1.29 is 13.2 Å². The Morgan fingerprint density at radius 3 is 2.23 bits per heavy atom. The summed E-state index contributed by atoms with van der Waals surface area (Å²) in [7, 11) is 0.436. The van der Waals surface area contributed by atoms with E-state index in [-0.39, 0.29) is 5.91 Å². The summed E-state index contributed by atoms with van der Waals surface area (Å²) in [5.41, 5.74) is 2.68. The lowest BCUT2D eigenvalue weighted by Gasteiger charge is -2.20. The van der Waals surface area contributed by atoms with Gasteiger partial charge in [0.1, 0.15) is 0 Å². The van der Waals surface area contributed by atoms with Gasteiger partial charge in [-0.15, -0.1) is 0 Å². The first-order valence-electron chi connectivity index (χ1n) is 10.5. The molecule has 6 nitrogen and oxygen atoms in total. The maximum Gasteiger partial charge on any atom is 0.243 e. The van der Waals surface area contributed by atoms with Gasteiger partial charge in [0.05, 0.1) is 16.3 Å². The molecule has 0 radical (unpaired) electrons. The van der Waals surface area contributed by atoms with Gasteiger partial charge in [-0.3, -0.25) is 4.79 Å². The van der Waals surface area contributed by atoms with E-state index in [2.05, 4.69) is 5.32 Å². The van der Waals surface area contributed by atoms with Gasteiger partial charge in [0, 0.05) is 33.6 Å². The number of hydrogen-bond acceptors (Lipinski definition) is 4. The number of benzene rings is 2. The van der Waals surface area contributed by atoms with Crippen LogP contribution in [0.2, 0.25) is 0 Å². The molecule has 0 aliphatic carbocycles. The van der Waals surface area contributed by atoms with E-state index in [1.807, 2.05) is 55.4 Å². The number of carbonyl (C=O) groups is 1. The van der Waals surface area contributed by atoms with Crippen LogP contribution in [-0.4, -0.2) is 45.8 Å². The Balaban J connectivity index is 1.59. The minimum absolute atomic E-state index is 0.0643. The first-order valence-corrected chi connectivity index (χ1v) is 12.0. The fraction of sp³-hybridized carbons (Fsp3) is 0.435. The summed E-state index contributed by atoms with van der Waals surface area (Å²) < 4.78 is 27.3. The van der Waals surface area contributed by atoms with Crippen LogP contribution >= 0.6 is 0 Å². The number of amides is 1. The molecule has 0 aromatic heterocycles. The van der Waals surface area contributed by atoms with Crippen molar-refractivity contribution in [3.63, 3.8) is 0 Å². The average Bonchev–Trinajstić information content (AvgIpc) is 3.03. The highest BCUT2D eigenvalue weighted by Crippen LogP contribution is 2.24. The number of anilines is 2. The Hall–Kier alpha value is -2.38. The number of para-hydroxylation sites is 2. The van der Waals surface area contributed by atoms with Crippen LogP contribution in [0.1, 0.15) is 37.7 Å². The van der Waals surface area contributed by atoms with Gasteiger partial charge < -0.3 is 10.2 Å². The Morgan fingerprint density at radius 2 is 1.60 bits per heavy atom. The van der Waals surface area contributed by atoms with Crippen molar-refractivity contribution >= 4 is 27.3 Å². The molecule has 0 bridgehead atoms. The highest BCUT2D eigenvalue weighted by Gasteiger charge is 2.24. The molecule has 1 aliphatic rings. The van der Waals surface area contributed by atoms with Crippen molar-refractivity contribution in [3.8, 4) is 0 Å². The summed E-state index contributed by atoms with van der Waals surface area (Å²) in [6.45, 7) is 1.19. The average molecular weight is 430 g/mol. The number of hydrogen-bond donors (Lipinski definition) is 1. The molecular weight excluding hydrogens is 398 g/mol. The maximum absolute atomic E-state index is 12.9. The Bertz CT molecular complexity index is 948. The summed E-state index contributed by atoms with van der Waals surface area (Å²) in [5.74, 6) is -0.0643. The second-order valence-electron chi connectivity index (χ2n) is 7.92. The maximum atomic E-state index is 12.9. The Kier molecular flexibility index (Phi) is 7.50. The third kappa shape index (κ3) is 5.61. The second-order valence-corrected chi connectivity index (χ2v) is 9.86. The zero-order chi connectivity index (χ0) is 21.6. The van der Waals surface area contributed by atoms with Gasteiger partial charge in [0.25, 0.3) is 0 Å². The molecule has 3 rings (SSSR count). The van der Waals surface area contributed by atoms with Crippen molar-refractivity contribution in [1.29, 1.82) is 0 Å². The first-order chi connectivity index (χ1) is 14.4. The van der Waals surface area contributed by atoms with Crippen molar-refractivity contribution in [1.82, 2.24) is 4.31 Å². The lowest BCUT2D eigenvalue weighted by Crippen LogP contribution is -2.31. The van der Waals surface area contributed by atoms with Gasteiger partial charge >= 0.3 is 0 Å². The third-order valence-corrected chi connectivity index (χ3v) is 7.34. The summed E-state index contributed by atoms with van der Waals surface area (Å²) in [6.07, 6.45) is 4.91. The predicted molar refractivity (Wildman–Crippen MR) is 121 cm³/mol. The van der Waals surface area contributed by atoms with Crippen molar-refractivity contribution in [2.75, 3.05) is 37.4 Å². The second kappa shape index (κ2) is 10.1. The van der Waals surface area contributed by atoms with Gasteiger partial charge in [-0.25, -0.2) is 8.42 Å². The summed E-state index contributed by atoms with van der Waals surface area (Å²) in [4.78, 5) is 14.7. The van der Waals surface area contributed by atoms with Gasteiger partial charge in [-0.1, -0.05) is 37.1 Å². The number of rotatable bonds is 7. The Morgan fingerprint density at radius 1 is 0.967 bits per heavy atom. The zero-order valence-corrected chi connectivity index (χ0v) is 18.6. The number of nitrogens with one attached hydrogen (secondary N) is 1. The summed E-state index contributed by atoms with van der Waals surface area (Å²) >= 11 is 0. The van der Waals surface area contributed by atoms with Crippen LogP contribution in [-0.2, 0) is 21.2 Å². The molecule has 0 atom stereocenters. The highest BCUT2D eigenvalue weighted by atomic mass is 32.2. The lowest BCUT2D eigenvalue weighted by molar-refractivity contribution is -0.116. The van der Waals surface area contributed by atoms with E-state index >= 15 is 0 Å². The van der Waals surface area contributed by atoms with Crippen LogP contribution < -0.4 is 10.2 Å². The van der Waals surface area contributed by atoms with Crippen LogP contribution in [0.3, 0.4) is 0 Å². The fourth-order valence-electron chi connectivity index (χ4n) is 3.70. The molecule has 0 saturated carbocycles. The molecule has 1 heterocycles. The number of nitrogens with zero attached hydrogens (tertiary/aromatic N) is 2. The molecule has 1 amide bonds. The molecule has 1 aliphatic heterocycles. The molecule has 1 fully saturated rings. The predicted octanol–water partition coefficient (Wildman–Crippen LogP) is 3.89. The molecule has 0 spiro atoms. The highest BCUT2D eigenvalue weighted by molar-refractivity contribution is 7.89. The van der Waals surface area contributed by atoms with E-state index in [1.54, 1.807) is 16.4 Å². The molecule has 30 heavy (non-hydrogen) atoms. The van der Waals surface area contributed by atoms with E-state index < -0.39 is 10.0 Å². The van der Waals surface area contributed by atoms with Crippen LogP contribution in [0.4, 0.5) is 11.4 Å². The normalized spacial score (nSPS) is 15.4. The van der Waals surface area contributed by atoms with Crippen molar-refractivity contribution in [2.24, 2.45) is 0 Å². The minimum Gasteiger partial charge on any atom is -0.376 e. The first kappa shape index (κ1) is 22.3. The third-order valence-electron chi connectivity index (χ3n) is 5.43. The number of carbonyl (C=O) groups excluding carboxylic acids is 1. The van der Waals surface area contributed by atoms with Crippen molar-refractivity contribution in [3.05, 3.63) is 54.1 Å². The molecule has 0 unspecified atom stereocenters. The van der Waals surface area contributed by atoms with E-state index in [9.17, 15) is 13.2 Å². The summed E-state index contributed by atoms with van der Waals surface area (Å²) in [6, 6.07) is 14.6. The Labute approximate surface area is 179 Å². The monoisotopic (exact) mass is 429 g/mol. The SMILES string of the molecule is CN(C)c1ccccc1NC(=O)CCc1ccc(S(=O)(=O)N2CCCCCC2)cc1. The molecule has 162 valence electrons. The van der Waals surface area contributed by atoms with Crippen LogP contribution in [0.25, 0.3) is 0 Å². The smallest absolute Gasteiger partial charge is 0.243 e. The van der Waals surface area contributed by atoms with Gasteiger partial charge in [0.2, 0.25) is 15.9 Å². The van der Waals surface area contributed by atoms with E-state index in [0.29, 0.717) is 30.8 Å². The summed E-state index contributed by atoms with van der Waals surface area (Å²) in [5, 5.41) is 2.96. The molecule has 2 aromatic rings. The van der Waals surface area contributed by atoms with Crippen LogP contribution in [0.15, 0.2) is 53.4 Å².